The molecule has 154 valence electrons. The lowest BCUT2D eigenvalue weighted by atomic mass is 9.84. The number of carbonyl (C=O) groups is 2. The Morgan fingerprint density at radius 3 is 2.21 bits per heavy atom. The third-order valence-electron chi connectivity index (χ3n) is 5.34. The van der Waals surface area contributed by atoms with Gasteiger partial charge in [0, 0.05) is 0 Å². The molecule has 29 heavy (non-hydrogen) atoms. The number of rotatable bonds is 8. The highest BCUT2D eigenvalue weighted by Gasteiger charge is 2.42. The van der Waals surface area contributed by atoms with Crippen LogP contribution in [0.25, 0.3) is 0 Å². The highest BCUT2D eigenvalue weighted by molar-refractivity contribution is 5.87. The molecule has 0 heterocycles. The Morgan fingerprint density at radius 1 is 0.931 bits per heavy atom. The summed E-state index contributed by atoms with van der Waals surface area (Å²) in [6.07, 6.45) is 3.89. The van der Waals surface area contributed by atoms with Gasteiger partial charge in [-0.25, -0.2) is 0 Å². The first-order valence-electron chi connectivity index (χ1n) is 10.0. The second kappa shape index (κ2) is 9.56. The molecule has 1 fully saturated rings. The summed E-state index contributed by atoms with van der Waals surface area (Å²) in [5, 5.41) is 0. The van der Waals surface area contributed by atoms with Gasteiger partial charge in [-0.3, -0.25) is 9.59 Å². The van der Waals surface area contributed by atoms with Crippen molar-refractivity contribution < 1.29 is 19.1 Å². The van der Waals surface area contributed by atoms with Crippen molar-refractivity contribution in [3.05, 3.63) is 65.7 Å². The van der Waals surface area contributed by atoms with Crippen LogP contribution in [0.4, 0.5) is 0 Å². The third kappa shape index (κ3) is 5.57. The van der Waals surface area contributed by atoms with Crippen molar-refractivity contribution in [2.24, 2.45) is 11.5 Å². The standard InChI is InChI=1S/C23H28N2O4/c24-20(21(26)29-23(22(25)27)13-5-2-6-14-23)15-17-9-11-19(12-10-17)28-16-18-7-3-1-4-8-18/h1,3-4,7-12,20H,2,5-6,13-16,24H2,(H2,25,27)/t20-/m0/s1. The van der Waals surface area contributed by atoms with Gasteiger partial charge in [-0.1, -0.05) is 48.9 Å². The highest BCUT2D eigenvalue weighted by Crippen LogP contribution is 2.32. The van der Waals surface area contributed by atoms with Gasteiger partial charge in [0.1, 0.15) is 18.4 Å². The smallest absolute Gasteiger partial charge is 0.324 e. The van der Waals surface area contributed by atoms with E-state index in [0.717, 1.165) is 36.1 Å². The molecular weight excluding hydrogens is 368 g/mol. The van der Waals surface area contributed by atoms with E-state index in [0.29, 0.717) is 25.9 Å². The minimum atomic E-state index is -1.21. The maximum Gasteiger partial charge on any atom is 0.324 e. The largest absolute Gasteiger partial charge is 0.489 e. The Morgan fingerprint density at radius 2 is 1.59 bits per heavy atom. The van der Waals surface area contributed by atoms with Crippen molar-refractivity contribution in [3.8, 4) is 5.75 Å². The van der Waals surface area contributed by atoms with E-state index in [1.54, 1.807) is 0 Å². The zero-order valence-electron chi connectivity index (χ0n) is 16.5. The fourth-order valence-electron chi connectivity index (χ4n) is 3.59. The highest BCUT2D eigenvalue weighted by atomic mass is 16.6. The number of amides is 1. The molecule has 0 bridgehead atoms. The topological polar surface area (TPSA) is 105 Å². The summed E-state index contributed by atoms with van der Waals surface area (Å²) in [6.45, 7) is 0.487. The summed E-state index contributed by atoms with van der Waals surface area (Å²) in [5.41, 5.74) is 12.3. The molecule has 2 aromatic carbocycles. The number of hydrogen-bond acceptors (Lipinski definition) is 5. The van der Waals surface area contributed by atoms with Crippen LogP contribution in [0.15, 0.2) is 54.6 Å². The summed E-state index contributed by atoms with van der Waals surface area (Å²) in [7, 11) is 0. The third-order valence-corrected chi connectivity index (χ3v) is 5.34. The molecule has 3 rings (SSSR count). The molecule has 6 heteroatoms. The second-order valence-corrected chi connectivity index (χ2v) is 7.57. The normalized spacial score (nSPS) is 16.6. The van der Waals surface area contributed by atoms with Crippen LogP contribution in [0, 0.1) is 0 Å². The molecule has 1 atom stereocenters. The molecule has 0 saturated heterocycles. The SMILES string of the molecule is NC(=O)C1(OC(=O)[C@@H](N)Cc2ccc(OCc3ccccc3)cc2)CCCCC1. The molecule has 4 N–H and O–H groups in total. The first-order valence-corrected chi connectivity index (χ1v) is 10.0. The van der Waals surface area contributed by atoms with Gasteiger partial charge in [0.25, 0.3) is 5.91 Å². The molecule has 1 amide bonds. The minimum Gasteiger partial charge on any atom is -0.489 e. The second-order valence-electron chi connectivity index (χ2n) is 7.57. The number of ether oxygens (including phenoxy) is 2. The first kappa shape index (κ1) is 20.9. The maximum absolute atomic E-state index is 12.5. The van der Waals surface area contributed by atoms with E-state index in [1.165, 1.54) is 0 Å². The average Bonchev–Trinajstić information content (AvgIpc) is 2.74. The zero-order valence-corrected chi connectivity index (χ0v) is 16.5. The molecular formula is C23H28N2O4. The van der Waals surface area contributed by atoms with Gasteiger partial charge in [0.05, 0.1) is 0 Å². The fraction of sp³-hybridized carbons (Fsp3) is 0.391. The van der Waals surface area contributed by atoms with Crippen LogP contribution < -0.4 is 16.2 Å². The van der Waals surface area contributed by atoms with Gasteiger partial charge in [-0.05, 0) is 55.4 Å². The number of primary amides is 1. The summed E-state index contributed by atoms with van der Waals surface area (Å²) in [6, 6.07) is 16.5. The molecule has 0 spiro atoms. The molecule has 0 aliphatic heterocycles. The van der Waals surface area contributed by atoms with Crippen LogP contribution in [0.5, 0.6) is 5.75 Å². The summed E-state index contributed by atoms with van der Waals surface area (Å²) in [5.74, 6) is -0.434. The first-order chi connectivity index (χ1) is 14.0. The van der Waals surface area contributed by atoms with Gasteiger partial charge in [0.2, 0.25) is 0 Å². The lowest BCUT2D eigenvalue weighted by Gasteiger charge is -2.34. The van der Waals surface area contributed by atoms with E-state index in [1.807, 2.05) is 54.6 Å². The molecule has 1 aliphatic carbocycles. The molecule has 6 nitrogen and oxygen atoms in total. The van der Waals surface area contributed by atoms with Crippen molar-refractivity contribution >= 4 is 11.9 Å². The van der Waals surface area contributed by atoms with Crippen LogP contribution in [-0.4, -0.2) is 23.5 Å². The number of carbonyl (C=O) groups excluding carboxylic acids is 2. The van der Waals surface area contributed by atoms with Crippen LogP contribution in [0.3, 0.4) is 0 Å². The van der Waals surface area contributed by atoms with Gasteiger partial charge >= 0.3 is 5.97 Å². The number of nitrogens with two attached hydrogens (primary N) is 2. The van der Waals surface area contributed by atoms with E-state index in [-0.39, 0.29) is 0 Å². The van der Waals surface area contributed by atoms with E-state index in [9.17, 15) is 9.59 Å². The summed E-state index contributed by atoms with van der Waals surface area (Å²) in [4.78, 5) is 24.4. The lowest BCUT2D eigenvalue weighted by molar-refractivity contribution is -0.172. The van der Waals surface area contributed by atoms with E-state index in [4.69, 9.17) is 20.9 Å². The Kier molecular flexibility index (Phi) is 6.88. The molecule has 1 saturated carbocycles. The van der Waals surface area contributed by atoms with Gasteiger partial charge in [0.15, 0.2) is 5.60 Å². The number of hydrogen-bond donors (Lipinski definition) is 2. The Bertz CT molecular complexity index is 815. The predicted octanol–water partition coefficient (Wildman–Crippen LogP) is 2.87. The lowest BCUT2D eigenvalue weighted by Crippen LogP contribution is -2.51. The predicted molar refractivity (Wildman–Crippen MR) is 110 cm³/mol. The van der Waals surface area contributed by atoms with Crippen molar-refractivity contribution in [1.82, 2.24) is 0 Å². The molecule has 2 aromatic rings. The van der Waals surface area contributed by atoms with Crippen molar-refractivity contribution in [1.29, 1.82) is 0 Å². The summed E-state index contributed by atoms with van der Waals surface area (Å²) >= 11 is 0. The van der Waals surface area contributed by atoms with E-state index >= 15 is 0 Å². The fourth-order valence-corrected chi connectivity index (χ4v) is 3.59. The molecule has 0 unspecified atom stereocenters. The minimum absolute atomic E-state index is 0.312. The van der Waals surface area contributed by atoms with Crippen LogP contribution in [0.2, 0.25) is 0 Å². The van der Waals surface area contributed by atoms with Crippen molar-refractivity contribution in [3.63, 3.8) is 0 Å². The van der Waals surface area contributed by atoms with E-state index in [2.05, 4.69) is 0 Å². The van der Waals surface area contributed by atoms with Crippen LogP contribution in [-0.2, 0) is 27.4 Å². The van der Waals surface area contributed by atoms with Gasteiger partial charge < -0.3 is 20.9 Å². The van der Waals surface area contributed by atoms with Crippen molar-refractivity contribution in [2.75, 3.05) is 0 Å². The number of esters is 1. The quantitative estimate of drug-likeness (QED) is 0.668. The monoisotopic (exact) mass is 396 g/mol. The molecule has 0 radical (unpaired) electrons. The molecule has 0 aromatic heterocycles. The Balaban J connectivity index is 1.53. The summed E-state index contributed by atoms with van der Waals surface area (Å²) < 4.78 is 11.3. The average molecular weight is 396 g/mol. The molecule has 1 aliphatic rings. The zero-order chi connectivity index (χ0) is 20.7. The van der Waals surface area contributed by atoms with Gasteiger partial charge in [-0.2, -0.15) is 0 Å². The Labute approximate surface area is 171 Å². The maximum atomic E-state index is 12.5. The van der Waals surface area contributed by atoms with E-state index < -0.39 is 23.5 Å². The van der Waals surface area contributed by atoms with Crippen LogP contribution in [0.1, 0.15) is 43.2 Å². The van der Waals surface area contributed by atoms with Crippen LogP contribution >= 0.6 is 0 Å². The Hall–Kier alpha value is -2.86. The van der Waals surface area contributed by atoms with Gasteiger partial charge in [-0.15, -0.1) is 0 Å². The van der Waals surface area contributed by atoms with Crippen molar-refractivity contribution in [2.45, 2.75) is 56.8 Å². The number of benzene rings is 2.